The highest BCUT2D eigenvalue weighted by Crippen LogP contribution is 2.36. The Morgan fingerprint density at radius 1 is 1.13 bits per heavy atom. The summed E-state index contributed by atoms with van der Waals surface area (Å²) in [7, 11) is 0. The molecule has 3 aromatic heterocycles. The quantitative estimate of drug-likeness (QED) is 0.419. The van der Waals surface area contributed by atoms with E-state index in [-0.39, 0.29) is 5.69 Å². The number of pyridine rings is 1. The van der Waals surface area contributed by atoms with Crippen molar-refractivity contribution in [3.05, 3.63) is 58.4 Å². The number of aromatic nitrogens is 3. The first kappa shape index (κ1) is 13.5. The second-order valence-corrected chi connectivity index (χ2v) is 5.57. The molecule has 0 aliphatic rings. The number of thiophene rings is 1. The van der Waals surface area contributed by atoms with Gasteiger partial charge in [0.05, 0.1) is 15.8 Å². The van der Waals surface area contributed by atoms with Gasteiger partial charge in [0.1, 0.15) is 16.5 Å². The molecule has 8 heteroatoms. The topological polar surface area (TPSA) is 91.0 Å². The van der Waals surface area contributed by atoms with E-state index >= 15 is 0 Å². The molecule has 0 N–H and O–H groups in total. The van der Waals surface area contributed by atoms with Crippen molar-refractivity contribution in [3.63, 3.8) is 0 Å². The van der Waals surface area contributed by atoms with Crippen LogP contribution in [0.2, 0.25) is 0 Å². The molecule has 0 amide bonds. The summed E-state index contributed by atoms with van der Waals surface area (Å²) < 4.78 is 6.69. The van der Waals surface area contributed by atoms with Crippen molar-refractivity contribution < 1.29 is 9.66 Å². The maximum atomic E-state index is 11.1. The van der Waals surface area contributed by atoms with Crippen molar-refractivity contribution in [2.75, 3.05) is 0 Å². The van der Waals surface area contributed by atoms with Gasteiger partial charge in [-0.1, -0.05) is 0 Å². The Balaban J connectivity index is 1.88. The van der Waals surface area contributed by atoms with Gasteiger partial charge < -0.3 is 4.74 Å². The smallest absolute Gasteiger partial charge is 0.279 e. The van der Waals surface area contributed by atoms with Crippen LogP contribution >= 0.6 is 11.3 Å². The largest absolute Gasteiger partial charge is 0.435 e. The predicted molar refractivity (Wildman–Crippen MR) is 85.9 cm³/mol. The highest BCUT2D eigenvalue weighted by molar-refractivity contribution is 7.17. The van der Waals surface area contributed by atoms with Gasteiger partial charge in [0.2, 0.25) is 5.88 Å². The molecule has 4 rings (SSSR count). The number of nitro groups is 1. The van der Waals surface area contributed by atoms with Crippen LogP contribution in [0.15, 0.2) is 48.2 Å². The third-order valence-corrected chi connectivity index (χ3v) is 4.22. The van der Waals surface area contributed by atoms with Gasteiger partial charge in [-0.05, 0) is 29.6 Å². The van der Waals surface area contributed by atoms with E-state index in [0.717, 1.165) is 10.2 Å². The number of hydrogen-bond donors (Lipinski definition) is 0. The molecule has 0 saturated carbocycles. The van der Waals surface area contributed by atoms with E-state index < -0.39 is 4.92 Å². The van der Waals surface area contributed by atoms with Gasteiger partial charge in [0.15, 0.2) is 5.75 Å². The maximum Gasteiger partial charge on any atom is 0.279 e. The molecule has 0 atom stereocenters. The van der Waals surface area contributed by atoms with Crippen LogP contribution in [0.4, 0.5) is 5.69 Å². The molecule has 3 heterocycles. The molecular weight excluding hydrogens is 316 g/mol. The van der Waals surface area contributed by atoms with E-state index in [0.29, 0.717) is 22.5 Å². The number of hydrogen-bond acceptors (Lipinski definition) is 7. The zero-order valence-electron chi connectivity index (χ0n) is 11.5. The first-order valence-corrected chi connectivity index (χ1v) is 7.50. The zero-order valence-corrected chi connectivity index (χ0v) is 12.4. The van der Waals surface area contributed by atoms with Gasteiger partial charge in [-0.2, -0.15) is 0 Å². The molecular formula is C15H8N4O3S. The van der Waals surface area contributed by atoms with Crippen LogP contribution in [0, 0.1) is 10.1 Å². The molecule has 0 aliphatic carbocycles. The molecule has 112 valence electrons. The van der Waals surface area contributed by atoms with Crippen LogP contribution in [0.5, 0.6) is 11.6 Å². The van der Waals surface area contributed by atoms with Gasteiger partial charge in [-0.3, -0.25) is 15.1 Å². The van der Waals surface area contributed by atoms with Crippen molar-refractivity contribution >= 4 is 38.1 Å². The molecule has 7 nitrogen and oxygen atoms in total. The molecule has 23 heavy (non-hydrogen) atoms. The van der Waals surface area contributed by atoms with Crippen LogP contribution < -0.4 is 4.74 Å². The predicted octanol–water partition coefficient (Wildman–Crippen LogP) is 3.94. The summed E-state index contributed by atoms with van der Waals surface area (Å²) in [6, 6.07) is 8.12. The highest BCUT2D eigenvalue weighted by Gasteiger charge is 2.17. The number of nitro benzene ring substituents is 1. The monoisotopic (exact) mass is 324 g/mol. The van der Waals surface area contributed by atoms with E-state index in [1.165, 1.54) is 29.8 Å². The molecule has 4 aromatic rings. The zero-order chi connectivity index (χ0) is 15.8. The second-order valence-electron chi connectivity index (χ2n) is 4.66. The summed E-state index contributed by atoms with van der Waals surface area (Å²) in [6.45, 7) is 0. The first-order valence-electron chi connectivity index (χ1n) is 6.62. The van der Waals surface area contributed by atoms with Crippen LogP contribution in [0.25, 0.3) is 21.1 Å². The fraction of sp³-hybridized carbons (Fsp3) is 0. The van der Waals surface area contributed by atoms with Gasteiger partial charge >= 0.3 is 0 Å². The lowest BCUT2D eigenvalue weighted by Gasteiger charge is -2.08. The van der Waals surface area contributed by atoms with Crippen molar-refractivity contribution in [3.8, 4) is 11.6 Å². The molecule has 0 spiro atoms. The summed E-state index contributed by atoms with van der Waals surface area (Å²) in [6.07, 6.45) is 2.99. The summed E-state index contributed by atoms with van der Waals surface area (Å²) in [5.74, 6) is 0.824. The molecule has 0 radical (unpaired) electrons. The standard InChI is InChI=1S/C15H8N4O3S/c20-19(21)11-3-4-12(13-9(11)2-1-6-16-13)22-15-14-10(5-7-23-14)17-8-18-15/h1-8H. The number of ether oxygens (including phenoxy) is 1. The minimum atomic E-state index is -0.435. The summed E-state index contributed by atoms with van der Waals surface area (Å²) in [5.41, 5.74) is 1.20. The van der Waals surface area contributed by atoms with E-state index in [1.807, 2.05) is 11.4 Å². The fourth-order valence-corrected chi connectivity index (χ4v) is 3.09. The molecule has 1 aromatic carbocycles. The number of fused-ring (bicyclic) bond motifs is 2. The van der Waals surface area contributed by atoms with E-state index in [9.17, 15) is 10.1 Å². The average molecular weight is 324 g/mol. The van der Waals surface area contributed by atoms with Gasteiger partial charge in [-0.15, -0.1) is 11.3 Å². The van der Waals surface area contributed by atoms with Gasteiger partial charge in [0.25, 0.3) is 5.69 Å². The van der Waals surface area contributed by atoms with Crippen LogP contribution in [-0.4, -0.2) is 19.9 Å². The Labute approximate surface area is 133 Å². The van der Waals surface area contributed by atoms with E-state index in [2.05, 4.69) is 15.0 Å². The average Bonchev–Trinajstić information content (AvgIpc) is 3.04. The van der Waals surface area contributed by atoms with E-state index in [4.69, 9.17) is 4.74 Å². The van der Waals surface area contributed by atoms with Crippen molar-refractivity contribution in [2.24, 2.45) is 0 Å². The van der Waals surface area contributed by atoms with Crippen LogP contribution in [-0.2, 0) is 0 Å². The highest BCUT2D eigenvalue weighted by atomic mass is 32.1. The Morgan fingerprint density at radius 3 is 2.91 bits per heavy atom. The number of rotatable bonds is 3. The number of nitrogens with zero attached hydrogens (tertiary/aromatic N) is 4. The fourth-order valence-electron chi connectivity index (χ4n) is 2.32. The first-order chi connectivity index (χ1) is 11.2. The second kappa shape index (κ2) is 5.25. The summed E-state index contributed by atoms with van der Waals surface area (Å²) in [5, 5.41) is 13.5. The van der Waals surface area contributed by atoms with E-state index in [1.54, 1.807) is 18.3 Å². The van der Waals surface area contributed by atoms with Gasteiger partial charge in [-0.25, -0.2) is 9.97 Å². The van der Waals surface area contributed by atoms with Crippen molar-refractivity contribution in [1.82, 2.24) is 15.0 Å². The summed E-state index contributed by atoms with van der Waals surface area (Å²) >= 11 is 1.47. The van der Waals surface area contributed by atoms with Gasteiger partial charge in [0, 0.05) is 12.3 Å². The lowest BCUT2D eigenvalue weighted by atomic mass is 10.1. The third-order valence-electron chi connectivity index (χ3n) is 3.32. The summed E-state index contributed by atoms with van der Waals surface area (Å²) in [4.78, 5) is 23.2. The lowest BCUT2D eigenvalue weighted by molar-refractivity contribution is -0.383. The minimum Gasteiger partial charge on any atom is -0.435 e. The SMILES string of the molecule is O=[N+]([O-])c1ccc(Oc2ncnc3ccsc23)c2ncccc12. The molecule has 0 saturated heterocycles. The Bertz CT molecular complexity index is 1050. The lowest BCUT2D eigenvalue weighted by Crippen LogP contribution is -1.95. The molecule has 0 unspecified atom stereocenters. The minimum absolute atomic E-state index is 0.00981. The Hall–Kier alpha value is -3.13. The Morgan fingerprint density at radius 2 is 2.04 bits per heavy atom. The molecule has 0 fully saturated rings. The molecule has 0 aliphatic heterocycles. The molecule has 0 bridgehead atoms. The number of benzene rings is 1. The number of non-ortho nitro benzene ring substituents is 1. The third kappa shape index (κ3) is 2.25. The van der Waals surface area contributed by atoms with Crippen molar-refractivity contribution in [2.45, 2.75) is 0 Å². The maximum absolute atomic E-state index is 11.1. The van der Waals surface area contributed by atoms with Crippen LogP contribution in [0.1, 0.15) is 0 Å². The van der Waals surface area contributed by atoms with Crippen LogP contribution in [0.3, 0.4) is 0 Å². The van der Waals surface area contributed by atoms with Crippen molar-refractivity contribution in [1.29, 1.82) is 0 Å². The normalized spacial score (nSPS) is 11.0. The Kier molecular flexibility index (Phi) is 3.09.